The number of nitrogens with zero attached hydrogens (tertiary/aromatic N) is 5. The summed E-state index contributed by atoms with van der Waals surface area (Å²) in [6.07, 6.45) is 10.1. The summed E-state index contributed by atoms with van der Waals surface area (Å²) < 4.78 is 5.80. The molecule has 0 radical (unpaired) electrons. The standard InChI is InChI=1S/C20H18N6OS.ClH/c1-2-5-13(4-1)19-25-26-20(28-19)24-18-8-7-16-17(23-18)10-15(12-22-16)27-14-6-3-9-21-11-14;/h3,6-13H,1-2,4-5H2,(H,23,24,26);1H. The maximum absolute atomic E-state index is 5.80. The van der Waals surface area contributed by atoms with E-state index in [4.69, 9.17) is 4.74 Å². The van der Waals surface area contributed by atoms with E-state index in [9.17, 15) is 0 Å². The number of anilines is 2. The molecule has 9 heteroatoms. The van der Waals surface area contributed by atoms with Crippen molar-refractivity contribution >= 4 is 45.7 Å². The van der Waals surface area contributed by atoms with E-state index in [1.807, 2.05) is 30.3 Å². The second kappa shape index (κ2) is 8.67. The van der Waals surface area contributed by atoms with Gasteiger partial charge in [-0.2, -0.15) is 0 Å². The average Bonchev–Trinajstić information content (AvgIpc) is 3.40. The predicted octanol–water partition coefficient (Wildman–Crippen LogP) is 5.49. The summed E-state index contributed by atoms with van der Waals surface area (Å²) in [7, 11) is 0. The highest BCUT2D eigenvalue weighted by Crippen LogP contribution is 2.37. The van der Waals surface area contributed by atoms with Crippen molar-refractivity contribution in [3.63, 3.8) is 0 Å². The third-order valence-electron chi connectivity index (χ3n) is 4.76. The van der Waals surface area contributed by atoms with Crippen molar-refractivity contribution in [1.29, 1.82) is 0 Å². The van der Waals surface area contributed by atoms with E-state index in [-0.39, 0.29) is 12.4 Å². The lowest BCUT2D eigenvalue weighted by molar-refractivity contribution is 0.479. The van der Waals surface area contributed by atoms with Gasteiger partial charge in [0.25, 0.3) is 0 Å². The normalized spacial score (nSPS) is 13.9. The van der Waals surface area contributed by atoms with Gasteiger partial charge in [0.05, 0.1) is 23.4 Å². The molecule has 7 nitrogen and oxygen atoms in total. The molecule has 0 aliphatic heterocycles. The van der Waals surface area contributed by atoms with Crippen LogP contribution in [-0.4, -0.2) is 25.1 Å². The first-order valence-electron chi connectivity index (χ1n) is 9.29. The Bertz CT molecular complexity index is 1100. The van der Waals surface area contributed by atoms with Gasteiger partial charge in [-0.05, 0) is 37.1 Å². The molecule has 5 rings (SSSR count). The number of rotatable bonds is 5. The van der Waals surface area contributed by atoms with Gasteiger partial charge >= 0.3 is 0 Å². The molecule has 0 bridgehead atoms. The number of hydrogen-bond acceptors (Lipinski definition) is 8. The van der Waals surface area contributed by atoms with E-state index < -0.39 is 0 Å². The Kier molecular flexibility index (Phi) is 5.82. The van der Waals surface area contributed by atoms with Crippen molar-refractivity contribution in [3.05, 3.63) is 53.9 Å². The van der Waals surface area contributed by atoms with E-state index >= 15 is 0 Å². The number of ether oxygens (including phenoxy) is 1. The van der Waals surface area contributed by atoms with Crippen LogP contribution in [0.2, 0.25) is 0 Å². The molecule has 0 aromatic carbocycles. The van der Waals surface area contributed by atoms with E-state index in [1.54, 1.807) is 29.9 Å². The molecule has 0 spiro atoms. The molecular weight excluding hydrogens is 408 g/mol. The summed E-state index contributed by atoms with van der Waals surface area (Å²) >= 11 is 1.61. The van der Waals surface area contributed by atoms with Crippen molar-refractivity contribution in [2.45, 2.75) is 31.6 Å². The van der Waals surface area contributed by atoms with Crippen LogP contribution in [0.5, 0.6) is 11.5 Å². The SMILES string of the molecule is Cl.c1cncc(Oc2cnc3ccc(Nc4nnc(C5CCCC5)s4)nc3c2)c1. The Balaban J connectivity index is 0.00000205. The average molecular weight is 427 g/mol. The third kappa shape index (κ3) is 4.44. The lowest BCUT2D eigenvalue weighted by atomic mass is 10.1. The van der Waals surface area contributed by atoms with Gasteiger partial charge in [-0.1, -0.05) is 24.2 Å². The van der Waals surface area contributed by atoms with Gasteiger partial charge in [0.1, 0.15) is 22.3 Å². The third-order valence-corrected chi connectivity index (χ3v) is 5.76. The number of aromatic nitrogens is 5. The quantitative estimate of drug-likeness (QED) is 0.451. The monoisotopic (exact) mass is 426 g/mol. The molecule has 0 atom stereocenters. The van der Waals surface area contributed by atoms with Crippen molar-refractivity contribution in [2.24, 2.45) is 0 Å². The van der Waals surface area contributed by atoms with Gasteiger partial charge < -0.3 is 10.1 Å². The highest BCUT2D eigenvalue weighted by Gasteiger charge is 2.21. The second-order valence-corrected chi connectivity index (χ2v) is 7.76. The van der Waals surface area contributed by atoms with Gasteiger partial charge in [0.15, 0.2) is 0 Å². The molecule has 0 saturated heterocycles. The Labute approximate surface area is 178 Å². The van der Waals surface area contributed by atoms with Crippen LogP contribution in [-0.2, 0) is 0 Å². The van der Waals surface area contributed by atoms with Crippen LogP contribution in [0.3, 0.4) is 0 Å². The van der Waals surface area contributed by atoms with E-state index in [2.05, 4.69) is 30.5 Å². The number of nitrogens with one attached hydrogen (secondary N) is 1. The van der Waals surface area contributed by atoms with Gasteiger partial charge in [-0.25, -0.2) is 4.98 Å². The molecule has 1 N–H and O–H groups in total. The molecule has 4 aromatic rings. The molecule has 1 aliphatic carbocycles. The summed E-state index contributed by atoms with van der Waals surface area (Å²) in [5.41, 5.74) is 1.54. The van der Waals surface area contributed by atoms with Crippen LogP contribution in [0.25, 0.3) is 11.0 Å². The highest BCUT2D eigenvalue weighted by atomic mass is 35.5. The molecule has 148 valence electrons. The molecule has 4 heterocycles. The maximum atomic E-state index is 5.80. The summed E-state index contributed by atoms with van der Waals surface area (Å²) in [6, 6.07) is 9.36. The van der Waals surface area contributed by atoms with Gasteiger partial charge in [-0.15, -0.1) is 22.6 Å². The zero-order chi connectivity index (χ0) is 18.8. The Hall–Kier alpha value is -2.84. The van der Waals surface area contributed by atoms with Crippen LogP contribution in [0.4, 0.5) is 10.9 Å². The van der Waals surface area contributed by atoms with E-state index in [1.165, 1.54) is 25.7 Å². The van der Waals surface area contributed by atoms with Crippen molar-refractivity contribution < 1.29 is 4.74 Å². The first-order valence-corrected chi connectivity index (χ1v) is 10.1. The van der Waals surface area contributed by atoms with Gasteiger partial charge in [0.2, 0.25) is 5.13 Å². The lowest BCUT2D eigenvalue weighted by Gasteiger charge is -2.07. The Morgan fingerprint density at radius 2 is 1.90 bits per heavy atom. The van der Waals surface area contributed by atoms with Crippen LogP contribution in [0, 0.1) is 0 Å². The molecular formula is C20H19ClN6OS. The van der Waals surface area contributed by atoms with Crippen molar-refractivity contribution in [3.8, 4) is 11.5 Å². The Morgan fingerprint density at radius 3 is 2.72 bits per heavy atom. The zero-order valence-electron chi connectivity index (χ0n) is 15.5. The van der Waals surface area contributed by atoms with Crippen LogP contribution < -0.4 is 10.1 Å². The molecule has 1 saturated carbocycles. The summed E-state index contributed by atoms with van der Waals surface area (Å²) in [4.78, 5) is 13.1. The second-order valence-electron chi connectivity index (χ2n) is 6.75. The van der Waals surface area contributed by atoms with Crippen LogP contribution in [0.1, 0.15) is 36.6 Å². The fraction of sp³-hybridized carbons (Fsp3) is 0.250. The summed E-state index contributed by atoms with van der Waals surface area (Å²) in [5, 5.41) is 13.8. The topological polar surface area (TPSA) is 85.7 Å². The maximum Gasteiger partial charge on any atom is 0.211 e. The van der Waals surface area contributed by atoms with Gasteiger partial charge in [-0.3, -0.25) is 9.97 Å². The minimum absolute atomic E-state index is 0. The first-order chi connectivity index (χ1) is 13.8. The lowest BCUT2D eigenvalue weighted by Crippen LogP contribution is -1.94. The number of halogens is 1. The molecule has 1 fully saturated rings. The molecule has 0 unspecified atom stereocenters. The first kappa shape index (κ1) is 19.5. The number of pyridine rings is 3. The number of fused-ring (bicyclic) bond motifs is 1. The summed E-state index contributed by atoms with van der Waals surface area (Å²) in [5.74, 6) is 2.55. The Morgan fingerprint density at radius 1 is 1.00 bits per heavy atom. The fourth-order valence-electron chi connectivity index (χ4n) is 3.39. The fourth-order valence-corrected chi connectivity index (χ4v) is 4.31. The molecule has 4 aromatic heterocycles. The van der Waals surface area contributed by atoms with E-state index in [0.29, 0.717) is 23.2 Å². The highest BCUT2D eigenvalue weighted by molar-refractivity contribution is 7.15. The minimum atomic E-state index is 0. The zero-order valence-corrected chi connectivity index (χ0v) is 17.1. The largest absolute Gasteiger partial charge is 0.454 e. The smallest absolute Gasteiger partial charge is 0.211 e. The van der Waals surface area contributed by atoms with Crippen molar-refractivity contribution in [1.82, 2.24) is 25.1 Å². The molecule has 0 amide bonds. The van der Waals surface area contributed by atoms with Crippen molar-refractivity contribution in [2.75, 3.05) is 5.32 Å². The minimum Gasteiger partial charge on any atom is -0.454 e. The molecule has 29 heavy (non-hydrogen) atoms. The van der Waals surface area contributed by atoms with Gasteiger partial charge in [0, 0.05) is 18.2 Å². The van der Waals surface area contributed by atoms with Crippen LogP contribution in [0.15, 0.2) is 48.9 Å². The molecule has 1 aliphatic rings. The van der Waals surface area contributed by atoms with E-state index in [0.717, 1.165) is 21.2 Å². The number of hydrogen-bond donors (Lipinski definition) is 1. The summed E-state index contributed by atoms with van der Waals surface area (Å²) in [6.45, 7) is 0. The van der Waals surface area contributed by atoms with Crippen LogP contribution >= 0.6 is 23.7 Å². The predicted molar refractivity (Wildman–Crippen MR) is 115 cm³/mol.